The van der Waals surface area contributed by atoms with Crippen LogP contribution < -0.4 is 10.8 Å². The van der Waals surface area contributed by atoms with E-state index in [9.17, 15) is 4.79 Å². The summed E-state index contributed by atoms with van der Waals surface area (Å²) in [5.41, 5.74) is 3.98. The van der Waals surface area contributed by atoms with E-state index in [4.69, 9.17) is 5.21 Å². The Balaban J connectivity index is 1.94. The van der Waals surface area contributed by atoms with Crippen LogP contribution in [0.5, 0.6) is 0 Å². The summed E-state index contributed by atoms with van der Waals surface area (Å²) < 4.78 is 0. The maximum atomic E-state index is 11.5. The highest BCUT2D eigenvalue weighted by molar-refractivity contribution is 5.96. The van der Waals surface area contributed by atoms with Crippen molar-refractivity contribution in [3.63, 3.8) is 0 Å². The van der Waals surface area contributed by atoms with Crippen LogP contribution in [0.3, 0.4) is 0 Å². The van der Waals surface area contributed by atoms with Gasteiger partial charge in [-0.25, -0.2) is 10.5 Å². The van der Waals surface area contributed by atoms with Crippen LogP contribution in [-0.4, -0.2) is 21.1 Å². The molecule has 1 heterocycles. The Hall–Kier alpha value is -2.99. The Kier molecular flexibility index (Phi) is 4.14. The molecule has 122 valence electrons. The quantitative estimate of drug-likeness (QED) is 0.507. The van der Waals surface area contributed by atoms with E-state index in [1.54, 1.807) is 29.9 Å². The molecule has 3 rings (SSSR count). The molecule has 6 nitrogen and oxygen atoms in total. The van der Waals surface area contributed by atoms with Gasteiger partial charge in [-0.2, -0.15) is 0 Å². The largest absolute Gasteiger partial charge is 0.360 e. The smallest absolute Gasteiger partial charge is 0.274 e. The fourth-order valence-corrected chi connectivity index (χ4v) is 2.52. The normalized spacial score (nSPS) is 11.3. The number of benzene rings is 2. The molecule has 0 aliphatic heterocycles. The highest BCUT2D eigenvalue weighted by Gasteiger charge is 2.20. The van der Waals surface area contributed by atoms with Crippen LogP contribution in [0.2, 0.25) is 0 Å². The zero-order valence-corrected chi connectivity index (χ0v) is 13.4. The number of nitrogens with zero attached hydrogens (tertiary/aromatic N) is 2. The van der Waals surface area contributed by atoms with Gasteiger partial charge in [0.2, 0.25) is 0 Å². The summed E-state index contributed by atoms with van der Waals surface area (Å²) in [6, 6.07) is 14.9. The topological polar surface area (TPSA) is 87.1 Å². The number of hydrogen-bond acceptors (Lipinski definition) is 5. The maximum Gasteiger partial charge on any atom is 0.274 e. The van der Waals surface area contributed by atoms with Crippen LogP contribution in [0.4, 0.5) is 5.82 Å². The van der Waals surface area contributed by atoms with Gasteiger partial charge in [-0.15, -0.1) is 0 Å². The summed E-state index contributed by atoms with van der Waals surface area (Å²) in [6.45, 7) is 4.12. The van der Waals surface area contributed by atoms with E-state index in [2.05, 4.69) is 29.1 Å². The first-order valence-electron chi connectivity index (χ1n) is 7.54. The molecular weight excluding hydrogens is 304 g/mol. The number of carbonyl (C=O) groups excluding carboxylic acids is 1. The summed E-state index contributed by atoms with van der Waals surface area (Å²) in [5, 5.41) is 12.1. The first-order valence-corrected chi connectivity index (χ1v) is 7.54. The molecule has 0 spiro atoms. The van der Waals surface area contributed by atoms with E-state index in [-0.39, 0.29) is 5.54 Å². The van der Waals surface area contributed by atoms with Crippen LogP contribution >= 0.6 is 0 Å². The third-order valence-electron chi connectivity index (χ3n) is 3.84. The maximum absolute atomic E-state index is 11.5. The lowest BCUT2D eigenvalue weighted by Crippen LogP contribution is -2.28. The molecule has 1 aromatic heterocycles. The van der Waals surface area contributed by atoms with E-state index in [0.717, 1.165) is 5.56 Å². The molecule has 0 atom stereocenters. The SMILES string of the molecule is CC(C)(Nc1cnc2ccc(C(=O)NO)cc2n1)c1ccccc1. The summed E-state index contributed by atoms with van der Waals surface area (Å²) in [5.74, 6) is 0.0274. The van der Waals surface area contributed by atoms with Gasteiger partial charge in [0.1, 0.15) is 5.82 Å². The molecule has 6 heteroatoms. The summed E-state index contributed by atoms with van der Waals surface area (Å²) >= 11 is 0. The predicted molar refractivity (Wildman–Crippen MR) is 91.9 cm³/mol. The molecule has 0 radical (unpaired) electrons. The Morgan fingerprint density at radius 1 is 1.08 bits per heavy atom. The van der Waals surface area contributed by atoms with Crippen LogP contribution in [-0.2, 0) is 5.54 Å². The van der Waals surface area contributed by atoms with E-state index in [1.165, 1.54) is 0 Å². The third-order valence-corrected chi connectivity index (χ3v) is 3.84. The molecule has 0 aliphatic rings. The standard InChI is InChI=1S/C18H18N4O2/c1-18(2,13-6-4-3-5-7-13)21-16-11-19-14-9-8-12(17(23)22-24)10-15(14)20-16/h3-11,24H,1-2H3,(H,20,21)(H,22,23). The summed E-state index contributed by atoms with van der Waals surface area (Å²) in [7, 11) is 0. The first kappa shape index (κ1) is 15.9. The molecule has 3 N–H and O–H groups in total. The summed E-state index contributed by atoms with van der Waals surface area (Å²) in [6.07, 6.45) is 1.67. The van der Waals surface area contributed by atoms with Gasteiger partial charge in [-0.1, -0.05) is 30.3 Å². The van der Waals surface area contributed by atoms with Crippen molar-refractivity contribution in [2.45, 2.75) is 19.4 Å². The van der Waals surface area contributed by atoms with E-state index < -0.39 is 5.91 Å². The van der Waals surface area contributed by atoms with Crippen molar-refractivity contribution in [2.75, 3.05) is 5.32 Å². The number of carbonyl (C=O) groups is 1. The van der Waals surface area contributed by atoms with Crippen LogP contribution in [0.1, 0.15) is 29.8 Å². The first-order chi connectivity index (χ1) is 11.5. The number of nitrogens with one attached hydrogen (secondary N) is 2. The number of hydrogen-bond donors (Lipinski definition) is 3. The van der Waals surface area contributed by atoms with Gasteiger partial charge < -0.3 is 5.32 Å². The van der Waals surface area contributed by atoms with Gasteiger partial charge in [0.25, 0.3) is 5.91 Å². The molecule has 0 bridgehead atoms. The van der Waals surface area contributed by atoms with E-state index >= 15 is 0 Å². The van der Waals surface area contributed by atoms with Gasteiger partial charge in [-0.05, 0) is 37.6 Å². The van der Waals surface area contributed by atoms with Gasteiger partial charge in [0.05, 0.1) is 22.8 Å². The highest BCUT2D eigenvalue weighted by Crippen LogP contribution is 2.25. The summed E-state index contributed by atoms with van der Waals surface area (Å²) in [4.78, 5) is 20.4. The number of rotatable bonds is 4. The third kappa shape index (κ3) is 3.18. The minimum absolute atomic E-state index is 0.318. The van der Waals surface area contributed by atoms with Crippen molar-refractivity contribution in [1.29, 1.82) is 0 Å². The molecule has 0 unspecified atom stereocenters. The van der Waals surface area contributed by atoms with Crippen molar-refractivity contribution in [2.24, 2.45) is 0 Å². The minimum atomic E-state index is -0.582. The lowest BCUT2D eigenvalue weighted by atomic mass is 9.94. The van der Waals surface area contributed by atoms with Crippen molar-refractivity contribution < 1.29 is 10.0 Å². The van der Waals surface area contributed by atoms with Gasteiger partial charge in [0, 0.05) is 5.56 Å². The molecule has 0 fully saturated rings. The van der Waals surface area contributed by atoms with Crippen LogP contribution in [0.25, 0.3) is 11.0 Å². The minimum Gasteiger partial charge on any atom is -0.360 e. The van der Waals surface area contributed by atoms with Crippen molar-refractivity contribution in [1.82, 2.24) is 15.4 Å². The molecule has 24 heavy (non-hydrogen) atoms. The molecule has 1 amide bonds. The van der Waals surface area contributed by atoms with Crippen LogP contribution in [0, 0.1) is 0 Å². The fraction of sp³-hybridized carbons (Fsp3) is 0.167. The van der Waals surface area contributed by atoms with Gasteiger partial charge in [0.15, 0.2) is 0 Å². The van der Waals surface area contributed by atoms with E-state index in [0.29, 0.717) is 22.4 Å². The average Bonchev–Trinajstić information content (AvgIpc) is 2.61. The number of fused-ring (bicyclic) bond motifs is 1. The molecular formula is C18H18N4O2. The highest BCUT2D eigenvalue weighted by atomic mass is 16.5. The zero-order valence-electron chi connectivity index (χ0n) is 13.4. The van der Waals surface area contributed by atoms with Crippen molar-refractivity contribution >= 4 is 22.8 Å². The zero-order chi connectivity index (χ0) is 17.2. The van der Waals surface area contributed by atoms with Gasteiger partial charge in [-0.3, -0.25) is 15.0 Å². The number of amides is 1. The Morgan fingerprint density at radius 2 is 1.83 bits per heavy atom. The average molecular weight is 322 g/mol. The van der Waals surface area contributed by atoms with Crippen molar-refractivity contribution in [3.8, 4) is 0 Å². The van der Waals surface area contributed by atoms with Crippen LogP contribution in [0.15, 0.2) is 54.7 Å². The molecule has 2 aromatic carbocycles. The molecule has 3 aromatic rings. The second kappa shape index (κ2) is 6.25. The van der Waals surface area contributed by atoms with E-state index in [1.807, 2.05) is 30.3 Å². The molecule has 0 saturated carbocycles. The number of hydroxylamine groups is 1. The molecule has 0 saturated heterocycles. The fourth-order valence-electron chi connectivity index (χ4n) is 2.52. The Labute approximate surface area is 139 Å². The number of aromatic nitrogens is 2. The predicted octanol–water partition coefficient (Wildman–Crippen LogP) is 3.10. The lowest BCUT2D eigenvalue weighted by molar-refractivity contribution is 0.0706. The Bertz CT molecular complexity index is 879. The Morgan fingerprint density at radius 3 is 2.54 bits per heavy atom. The molecule has 0 aliphatic carbocycles. The second-order valence-electron chi connectivity index (χ2n) is 6.02. The monoisotopic (exact) mass is 322 g/mol. The van der Waals surface area contributed by atoms with Gasteiger partial charge >= 0.3 is 0 Å². The second-order valence-corrected chi connectivity index (χ2v) is 6.02. The lowest BCUT2D eigenvalue weighted by Gasteiger charge is -2.27. The van der Waals surface area contributed by atoms with Crippen molar-refractivity contribution in [3.05, 3.63) is 65.9 Å². The number of anilines is 1.